The van der Waals surface area contributed by atoms with Gasteiger partial charge in [0.25, 0.3) is 5.91 Å². The van der Waals surface area contributed by atoms with Crippen molar-refractivity contribution in [3.05, 3.63) is 35.3 Å². The monoisotopic (exact) mass is 477 g/mol. The van der Waals surface area contributed by atoms with Gasteiger partial charge in [0.1, 0.15) is 5.51 Å². The van der Waals surface area contributed by atoms with Crippen molar-refractivity contribution < 1.29 is 18.0 Å². The van der Waals surface area contributed by atoms with Crippen LogP contribution in [0.4, 0.5) is 5.13 Å². The number of aromatic nitrogens is 2. The molecule has 2 aliphatic heterocycles. The molecule has 0 radical (unpaired) electrons. The molecule has 2 saturated heterocycles. The van der Waals surface area contributed by atoms with Gasteiger partial charge in [-0.1, -0.05) is 23.8 Å². The maximum Gasteiger partial charge on any atom is 0.253 e. The first-order valence-electron chi connectivity index (χ1n) is 10.8. The SMILES string of the molecule is CC1CCCCN1S(=O)(=O)c1cccc(C(=O)N2CCC(C(=O)Nc3nncs3)CC2)c1. The van der Waals surface area contributed by atoms with E-state index >= 15 is 0 Å². The summed E-state index contributed by atoms with van der Waals surface area (Å²) in [4.78, 5) is 27.3. The van der Waals surface area contributed by atoms with Crippen LogP contribution in [0.3, 0.4) is 0 Å². The molecule has 1 aromatic heterocycles. The van der Waals surface area contributed by atoms with Gasteiger partial charge in [-0.2, -0.15) is 4.31 Å². The van der Waals surface area contributed by atoms with E-state index in [0.29, 0.717) is 43.2 Å². The summed E-state index contributed by atoms with van der Waals surface area (Å²) >= 11 is 1.26. The van der Waals surface area contributed by atoms with E-state index < -0.39 is 10.0 Å². The Kier molecular flexibility index (Phi) is 6.87. The Hall–Kier alpha value is -2.37. The molecule has 0 spiro atoms. The number of sulfonamides is 1. The third kappa shape index (κ3) is 4.84. The molecular weight excluding hydrogens is 450 g/mol. The number of hydrogen-bond acceptors (Lipinski definition) is 7. The Morgan fingerprint density at radius 2 is 1.91 bits per heavy atom. The average molecular weight is 478 g/mol. The van der Waals surface area contributed by atoms with Crippen molar-refractivity contribution in [2.24, 2.45) is 5.92 Å². The third-order valence-corrected chi connectivity index (χ3v) is 8.79. The van der Waals surface area contributed by atoms with Crippen molar-refractivity contribution in [3.8, 4) is 0 Å². The molecule has 2 fully saturated rings. The number of nitrogens with zero attached hydrogens (tertiary/aromatic N) is 4. The molecule has 0 saturated carbocycles. The third-order valence-electron chi connectivity index (χ3n) is 6.17. The molecule has 1 aromatic carbocycles. The molecule has 32 heavy (non-hydrogen) atoms. The molecule has 172 valence electrons. The predicted octanol–water partition coefficient (Wildman–Crippen LogP) is 2.59. The van der Waals surface area contributed by atoms with Gasteiger partial charge in [-0.25, -0.2) is 8.42 Å². The highest BCUT2D eigenvalue weighted by Gasteiger charge is 2.32. The maximum atomic E-state index is 13.1. The van der Waals surface area contributed by atoms with E-state index in [-0.39, 0.29) is 28.7 Å². The number of anilines is 1. The van der Waals surface area contributed by atoms with Crippen LogP contribution < -0.4 is 5.32 Å². The molecule has 2 amide bonds. The summed E-state index contributed by atoms with van der Waals surface area (Å²) in [6.07, 6.45) is 3.81. The van der Waals surface area contributed by atoms with E-state index in [4.69, 9.17) is 0 Å². The van der Waals surface area contributed by atoms with Crippen LogP contribution in [0.1, 0.15) is 49.4 Å². The summed E-state index contributed by atoms with van der Waals surface area (Å²) in [6, 6.07) is 6.26. The first-order valence-corrected chi connectivity index (χ1v) is 13.2. The van der Waals surface area contributed by atoms with Crippen LogP contribution in [0.2, 0.25) is 0 Å². The lowest BCUT2D eigenvalue weighted by Gasteiger charge is -2.33. The number of amides is 2. The number of piperidine rings is 2. The van der Waals surface area contributed by atoms with Crippen molar-refractivity contribution in [3.63, 3.8) is 0 Å². The lowest BCUT2D eigenvalue weighted by Crippen LogP contribution is -2.42. The summed E-state index contributed by atoms with van der Waals surface area (Å²) in [5, 5.41) is 10.7. The van der Waals surface area contributed by atoms with Crippen LogP contribution in [0, 0.1) is 5.92 Å². The Morgan fingerprint density at radius 1 is 1.12 bits per heavy atom. The average Bonchev–Trinajstić information content (AvgIpc) is 3.32. The normalized spacial score (nSPS) is 20.8. The molecule has 1 N–H and O–H groups in total. The van der Waals surface area contributed by atoms with Crippen molar-refractivity contribution in [2.45, 2.75) is 50.0 Å². The number of carbonyl (C=O) groups is 2. The zero-order chi connectivity index (χ0) is 22.7. The molecule has 2 aliphatic rings. The van der Waals surface area contributed by atoms with Crippen molar-refractivity contribution in [2.75, 3.05) is 25.0 Å². The summed E-state index contributed by atoms with van der Waals surface area (Å²) in [5.41, 5.74) is 1.91. The molecule has 3 heterocycles. The molecular formula is C21H27N5O4S2. The van der Waals surface area contributed by atoms with Gasteiger partial charge in [-0.05, 0) is 50.8 Å². The standard InChI is InChI=1S/C21H27N5O4S2/c1-15-5-2-3-10-26(15)32(29,30)18-7-4-6-17(13-18)20(28)25-11-8-16(9-12-25)19(27)23-21-24-22-14-31-21/h4,6-7,13-16H,2-3,5,8-12H2,1H3,(H,23,24,27). The van der Waals surface area contributed by atoms with Crippen molar-refractivity contribution in [1.82, 2.24) is 19.4 Å². The molecule has 0 bridgehead atoms. The van der Waals surface area contributed by atoms with Gasteiger partial charge in [0.05, 0.1) is 4.90 Å². The van der Waals surface area contributed by atoms with Crippen LogP contribution in [-0.2, 0) is 14.8 Å². The lowest BCUT2D eigenvalue weighted by atomic mass is 9.95. The van der Waals surface area contributed by atoms with Crippen molar-refractivity contribution in [1.29, 1.82) is 0 Å². The van der Waals surface area contributed by atoms with Crippen molar-refractivity contribution >= 4 is 38.3 Å². The molecule has 2 aromatic rings. The summed E-state index contributed by atoms with van der Waals surface area (Å²) in [5.74, 6) is -0.524. The summed E-state index contributed by atoms with van der Waals surface area (Å²) < 4.78 is 27.8. The van der Waals surface area contributed by atoms with Gasteiger partial charge in [0.2, 0.25) is 21.1 Å². The fourth-order valence-corrected chi connectivity index (χ4v) is 6.51. The Bertz CT molecular complexity index is 1070. The number of rotatable bonds is 5. The highest BCUT2D eigenvalue weighted by atomic mass is 32.2. The number of likely N-dealkylation sites (tertiary alicyclic amines) is 1. The van der Waals surface area contributed by atoms with E-state index in [9.17, 15) is 18.0 Å². The fraction of sp³-hybridized carbons (Fsp3) is 0.524. The van der Waals surface area contributed by atoms with E-state index in [1.165, 1.54) is 17.4 Å². The quantitative estimate of drug-likeness (QED) is 0.708. The Balaban J connectivity index is 1.40. The predicted molar refractivity (Wildman–Crippen MR) is 121 cm³/mol. The minimum absolute atomic E-state index is 0.0431. The molecule has 1 atom stereocenters. The minimum Gasteiger partial charge on any atom is -0.339 e. The second-order valence-electron chi connectivity index (χ2n) is 8.29. The lowest BCUT2D eigenvalue weighted by molar-refractivity contribution is -0.121. The second kappa shape index (κ2) is 9.63. The zero-order valence-electron chi connectivity index (χ0n) is 17.9. The smallest absolute Gasteiger partial charge is 0.253 e. The summed E-state index contributed by atoms with van der Waals surface area (Å²) in [7, 11) is -3.64. The van der Waals surface area contributed by atoms with E-state index in [0.717, 1.165) is 19.3 Å². The summed E-state index contributed by atoms with van der Waals surface area (Å²) in [6.45, 7) is 3.31. The molecule has 11 heteroatoms. The largest absolute Gasteiger partial charge is 0.339 e. The minimum atomic E-state index is -3.64. The number of carbonyl (C=O) groups excluding carboxylic acids is 2. The zero-order valence-corrected chi connectivity index (χ0v) is 19.6. The highest BCUT2D eigenvalue weighted by Crippen LogP contribution is 2.27. The first kappa shape index (κ1) is 22.8. The second-order valence-corrected chi connectivity index (χ2v) is 11.0. The van der Waals surface area contributed by atoms with E-state index in [1.54, 1.807) is 32.9 Å². The van der Waals surface area contributed by atoms with Crippen LogP contribution >= 0.6 is 11.3 Å². The van der Waals surface area contributed by atoms with E-state index in [1.807, 2.05) is 6.92 Å². The number of hydrogen-bond donors (Lipinski definition) is 1. The van der Waals surface area contributed by atoms with Crippen LogP contribution in [0.5, 0.6) is 0 Å². The first-order chi connectivity index (χ1) is 15.4. The van der Waals surface area contributed by atoms with Gasteiger partial charge >= 0.3 is 0 Å². The van der Waals surface area contributed by atoms with Gasteiger partial charge in [-0.3, -0.25) is 9.59 Å². The van der Waals surface area contributed by atoms with Gasteiger partial charge < -0.3 is 10.2 Å². The molecule has 4 rings (SSSR count). The Morgan fingerprint density at radius 3 is 2.59 bits per heavy atom. The highest BCUT2D eigenvalue weighted by molar-refractivity contribution is 7.89. The maximum absolute atomic E-state index is 13.1. The molecule has 0 aliphatic carbocycles. The molecule has 9 nitrogen and oxygen atoms in total. The van der Waals surface area contributed by atoms with E-state index in [2.05, 4.69) is 15.5 Å². The topological polar surface area (TPSA) is 113 Å². The fourth-order valence-electron chi connectivity index (χ4n) is 4.32. The van der Waals surface area contributed by atoms with Crippen LogP contribution in [-0.4, -0.2) is 65.3 Å². The number of benzene rings is 1. The Labute approximate surface area is 191 Å². The van der Waals surface area contributed by atoms with Gasteiger partial charge in [-0.15, -0.1) is 10.2 Å². The van der Waals surface area contributed by atoms with Crippen LogP contribution in [0.15, 0.2) is 34.7 Å². The number of nitrogens with one attached hydrogen (secondary N) is 1. The van der Waals surface area contributed by atoms with Gasteiger partial charge in [0.15, 0.2) is 0 Å². The van der Waals surface area contributed by atoms with Crippen LogP contribution in [0.25, 0.3) is 0 Å². The van der Waals surface area contributed by atoms with Gasteiger partial charge in [0, 0.05) is 37.2 Å². The molecule has 1 unspecified atom stereocenters.